The van der Waals surface area contributed by atoms with Crippen molar-refractivity contribution in [3.8, 4) is 5.75 Å². The summed E-state index contributed by atoms with van der Waals surface area (Å²) in [5.41, 5.74) is 1.05. The molecule has 0 spiro atoms. The number of hydrogen-bond donors (Lipinski definition) is 0. The van der Waals surface area contributed by atoms with Gasteiger partial charge in [0.05, 0.1) is 6.10 Å². The fraction of sp³-hybridized carbons (Fsp3) is 0.350. The van der Waals surface area contributed by atoms with E-state index in [0.29, 0.717) is 18.2 Å². The molecule has 0 bridgehead atoms. The Bertz CT molecular complexity index is 928. The van der Waals surface area contributed by atoms with E-state index in [0.717, 1.165) is 30.4 Å². The van der Waals surface area contributed by atoms with Crippen molar-refractivity contribution in [3.63, 3.8) is 0 Å². The number of nitrogens with zero attached hydrogens (tertiary/aromatic N) is 3. The molecule has 7 heteroatoms. The van der Waals surface area contributed by atoms with Crippen LogP contribution in [0, 0.1) is 0 Å². The summed E-state index contributed by atoms with van der Waals surface area (Å²) in [6.45, 7) is 1.44. The third-order valence-electron chi connectivity index (χ3n) is 4.57. The van der Waals surface area contributed by atoms with Crippen molar-refractivity contribution in [1.29, 1.82) is 0 Å². The predicted octanol–water partition coefficient (Wildman–Crippen LogP) is 3.05. The molecule has 1 atom stereocenters. The highest BCUT2D eigenvalue weighted by Crippen LogP contribution is 2.24. The van der Waals surface area contributed by atoms with Crippen molar-refractivity contribution in [3.05, 3.63) is 54.4 Å². The molecule has 4 rings (SSSR count). The maximum Gasteiger partial charge on any atom is 0.275 e. The average molecular weight is 367 g/mol. The van der Waals surface area contributed by atoms with Crippen LogP contribution in [-0.2, 0) is 11.3 Å². The molecule has 1 aliphatic rings. The van der Waals surface area contributed by atoms with E-state index < -0.39 is 0 Å². The van der Waals surface area contributed by atoms with Crippen LogP contribution < -0.4 is 4.74 Å². The second-order valence-electron chi connectivity index (χ2n) is 6.57. The highest BCUT2D eigenvalue weighted by atomic mass is 16.5. The Morgan fingerprint density at radius 2 is 2.22 bits per heavy atom. The molecular formula is C20H21N3O4. The molecule has 0 unspecified atom stereocenters. The number of fused-ring (bicyclic) bond motifs is 1. The molecule has 27 heavy (non-hydrogen) atoms. The number of para-hydroxylation sites is 1. The number of likely N-dealkylation sites (N-methyl/N-ethyl adjacent to an activating group) is 1. The molecule has 140 valence electrons. The lowest BCUT2D eigenvalue weighted by Gasteiger charge is -2.19. The van der Waals surface area contributed by atoms with Gasteiger partial charge in [-0.2, -0.15) is 0 Å². The van der Waals surface area contributed by atoms with Crippen LogP contribution in [0.15, 0.2) is 47.2 Å². The van der Waals surface area contributed by atoms with Crippen LogP contribution in [0.25, 0.3) is 10.9 Å². The molecule has 0 N–H and O–H groups in total. The summed E-state index contributed by atoms with van der Waals surface area (Å²) in [7, 11) is 1.75. The van der Waals surface area contributed by atoms with Gasteiger partial charge in [0.1, 0.15) is 17.5 Å². The maximum absolute atomic E-state index is 12.5. The molecule has 1 fully saturated rings. The molecule has 1 saturated heterocycles. The summed E-state index contributed by atoms with van der Waals surface area (Å²) in [4.78, 5) is 22.7. The van der Waals surface area contributed by atoms with Gasteiger partial charge in [-0.1, -0.05) is 18.2 Å². The van der Waals surface area contributed by atoms with Gasteiger partial charge in [0.2, 0.25) is 5.89 Å². The summed E-state index contributed by atoms with van der Waals surface area (Å²) < 4.78 is 16.8. The van der Waals surface area contributed by atoms with Crippen LogP contribution in [0.5, 0.6) is 5.75 Å². The normalized spacial score (nSPS) is 16.6. The van der Waals surface area contributed by atoms with E-state index in [4.69, 9.17) is 13.9 Å². The Labute approximate surface area is 156 Å². The van der Waals surface area contributed by atoms with Gasteiger partial charge in [-0.15, -0.1) is 0 Å². The number of pyridine rings is 1. The SMILES string of the molecule is CN(C[C@H]1CCCO1)C(=O)c1coc(COc2cccc3cccnc23)n1. The van der Waals surface area contributed by atoms with Crippen molar-refractivity contribution in [2.75, 3.05) is 20.2 Å². The summed E-state index contributed by atoms with van der Waals surface area (Å²) >= 11 is 0. The van der Waals surface area contributed by atoms with Gasteiger partial charge in [0.25, 0.3) is 5.91 Å². The molecule has 0 radical (unpaired) electrons. The smallest absolute Gasteiger partial charge is 0.275 e. The number of amides is 1. The molecule has 7 nitrogen and oxygen atoms in total. The van der Waals surface area contributed by atoms with Gasteiger partial charge in [-0.3, -0.25) is 9.78 Å². The number of carbonyl (C=O) groups is 1. The van der Waals surface area contributed by atoms with Crippen molar-refractivity contribution in [2.45, 2.75) is 25.6 Å². The maximum atomic E-state index is 12.5. The lowest BCUT2D eigenvalue weighted by Crippen LogP contribution is -2.34. The van der Waals surface area contributed by atoms with E-state index >= 15 is 0 Å². The van der Waals surface area contributed by atoms with Crippen LogP contribution in [0.3, 0.4) is 0 Å². The van der Waals surface area contributed by atoms with Crippen LogP contribution in [0.4, 0.5) is 0 Å². The van der Waals surface area contributed by atoms with Gasteiger partial charge in [0, 0.05) is 31.8 Å². The Morgan fingerprint density at radius 1 is 1.33 bits per heavy atom. The number of rotatable bonds is 6. The molecule has 3 aromatic rings. The average Bonchev–Trinajstić information content (AvgIpc) is 3.37. The van der Waals surface area contributed by atoms with Crippen LogP contribution in [0.1, 0.15) is 29.2 Å². The minimum atomic E-state index is -0.188. The van der Waals surface area contributed by atoms with Crippen molar-refractivity contribution >= 4 is 16.8 Å². The number of hydrogen-bond acceptors (Lipinski definition) is 6. The first-order valence-corrected chi connectivity index (χ1v) is 8.99. The lowest BCUT2D eigenvalue weighted by atomic mass is 10.2. The molecule has 1 amide bonds. The molecule has 3 heterocycles. The largest absolute Gasteiger partial charge is 0.482 e. The highest BCUT2D eigenvalue weighted by Gasteiger charge is 2.23. The first-order chi connectivity index (χ1) is 13.2. The van der Waals surface area contributed by atoms with Crippen LogP contribution in [0.2, 0.25) is 0 Å². The fourth-order valence-electron chi connectivity index (χ4n) is 3.18. The Kier molecular flexibility index (Phi) is 5.02. The number of aromatic nitrogens is 2. The van der Waals surface area contributed by atoms with E-state index in [-0.39, 0.29) is 24.3 Å². The second-order valence-corrected chi connectivity index (χ2v) is 6.57. The zero-order valence-electron chi connectivity index (χ0n) is 15.1. The quantitative estimate of drug-likeness (QED) is 0.666. The third kappa shape index (κ3) is 3.93. The zero-order chi connectivity index (χ0) is 18.6. The first-order valence-electron chi connectivity index (χ1n) is 8.99. The minimum absolute atomic E-state index is 0.104. The molecule has 2 aromatic heterocycles. The summed E-state index contributed by atoms with van der Waals surface area (Å²) in [5, 5.41) is 0.994. The topological polar surface area (TPSA) is 77.7 Å². The Morgan fingerprint density at radius 3 is 3.07 bits per heavy atom. The van der Waals surface area contributed by atoms with Gasteiger partial charge in [-0.25, -0.2) is 4.98 Å². The van der Waals surface area contributed by atoms with Crippen LogP contribution in [-0.4, -0.2) is 47.1 Å². The Hall–Kier alpha value is -2.93. The van der Waals surface area contributed by atoms with E-state index in [1.807, 2.05) is 30.3 Å². The molecule has 1 aromatic carbocycles. The standard InChI is InChI=1S/C20H21N3O4/c1-23(11-15-7-4-10-25-15)20(24)16-12-27-18(22-16)13-26-17-8-2-5-14-6-3-9-21-19(14)17/h2-3,5-6,8-9,12,15H,4,7,10-11,13H2,1H3/t15-/m1/s1. The first kappa shape index (κ1) is 17.5. The fourth-order valence-corrected chi connectivity index (χ4v) is 3.18. The molecule has 0 aliphatic carbocycles. The van der Waals surface area contributed by atoms with E-state index in [1.165, 1.54) is 6.26 Å². The minimum Gasteiger partial charge on any atom is -0.482 e. The summed E-state index contributed by atoms with van der Waals surface area (Å²) in [6.07, 6.45) is 5.22. The highest BCUT2D eigenvalue weighted by molar-refractivity contribution is 5.91. The van der Waals surface area contributed by atoms with E-state index in [1.54, 1.807) is 18.1 Å². The van der Waals surface area contributed by atoms with Crippen LogP contribution >= 0.6 is 0 Å². The van der Waals surface area contributed by atoms with E-state index in [2.05, 4.69) is 9.97 Å². The van der Waals surface area contributed by atoms with Crippen molar-refractivity contribution in [2.24, 2.45) is 0 Å². The Balaban J connectivity index is 1.39. The third-order valence-corrected chi connectivity index (χ3v) is 4.57. The summed E-state index contributed by atoms with van der Waals surface area (Å²) in [6, 6.07) is 9.58. The molecular weight excluding hydrogens is 346 g/mol. The van der Waals surface area contributed by atoms with Crippen molar-refractivity contribution < 1.29 is 18.7 Å². The lowest BCUT2D eigenvalue weighted by molar-refractivity contribution is 0.0582. The number of oxazole rings is 1. The monoisotopic (exact) mass is 367 g/mol. The van der Waals surface area contributed by atoms with Gasteiger partial charge in [0.15, 0.2) is 12.3 Å². The van der Waals surface area contributed by atoms with E-state index in [9.17, 15) is 4.79 Å². The number of benzene rings is 1. The van der Waals surface area contributed by atoms with Gasteiger partial charge >= 0.3 is 0 Å². The number of carbonyl (C=O) groups excluding carboxylic acids is 1. The predicted molar refractivity (Wildman–Crippen MR) is 98.5 cm³/mol. The molecule has 0 saturated carbocycles. The number of ether oxygens (including phenoxy) is 2. The van der Waals surface area contributed by atoms with Gasteiger partial charge in [-0.05, 0) is 25.0 Å². The second kappa shape index (κ2) is 7.75. The van der Waals surface area contributed by atoms with Gasteiger partial charge < -0.3 is 18.8 Å². The van der Waals surface area contributed by atoms with Crippen molar-refractivity contribution in [1.82, 2.24) is 14.9 Å². The molecule has 1 aliphatic heterocycles. The zero-order valence-corrected chi connectivity index (χ0v) is 15.1. The summed E-state index contributed by atoms with van der Waals surface area (Å²) in [5.74, 6) is 0.804.